The smallest absolute Gasteiger partial charge is 0.248 e. The molecule has 31 heavy (non-hydrogen) atoms. The molecule has 2 aromatic heterocycles. The van der Waals surface area contributed by atoms with Crippen LogP contribution in [0.25, 0.3) is 5.82 Å². The molecule has 2 unspecified atom stereocenters. The number of hydrogen-bond donors (Lipinski definition) is 2. The van der Waals surface area contributed by atoms with Crippen LogP contribution in [0.3, 0.4) is 0 Å². The van der Waals surface area contributed by atoms with E-state index in [9.17, 15) is 0 Å². The van der Waals surface area contributed by atoms with Gasteiger partial charge in [-0.1, -0.05) is 6.07 Å². The average Bonchev–Trinajstić information content (AvgIpc) is 3.12. The van der Waals surface area contributed by atoms with E-state index in [-0.39, 0.29) is 5.95 Å². The lowest BCUT2D eigenvalue weighted by molar-refractivity contribution is -0.0686. The molecule has 1 saturated heterocycles. The fourth-order valence-corrected chi connectivity index (χ4v) is 3.73. The van der Waals surface area contributed by atoms with Crippen LogP contribution >= 0.6 is 0 Å². The number of nitrogen functional groups attached to an aromatic ring is 1. The first-order valence-electron chi connectivity index (χ1n) is 10.6. The lowest BCUT2D eigenvalue weighted by Gasteiger charge is -2.35. The number of morpholine rings is 1. The summed E-state index contributed by atoms with van der Waals surface area (Å²) in [6, 6.07) is 13.2. The second-order valence-corrected chi connectivity index (χ2v) is 7.76. The van der Waals surface area contributed by atoms with Crippen LogP contribution in [0.1, 0.15) is 20.3 Å². The zero-order valence-corrected chi connectivity index (χ0v) is 17.9. The van der Waals surface area contributed by atoms with Gasteiger partial charge in [-0.25, -0.2) is 4.98 Å². The van der Waals surface area contributed by atoms with E-state index in [2.05, 4.69) is 39.1 Å². The number of nitrogens with zero attached hydrogens (tertiary/aromatic N) is 5. The van der Waals surface area contributed by atoms with E-state index in [4.69, 9.17) is 15.2 Å². The van der Waals surface area contributed by atoms with Gasteiger partial charge in [-0.15, -0.1) is 5.10 Å². The molecule has 164 valence electrons. The van der Waals surface area contributed by atoms with Gasteiger partial charge in [0.2, 0.25) is 11.9 Å². The Labute approximate surface area is 182 Å². The molecule has 9 heteroatoms. The molecule has 9 nitrogen and oxygen atoms in total. The zero-order valence-electron chi connectivity index (χ0n) is 17.9. The standard InChI is InChI=1S/C22H29N7O2/c1-16-14-28(15-17(2)31-16)12-5-13-30-19-9-7-18(8-10-19)25-22-26-21(23)29(27-22)20-6-3-4-11-24-20/h3-4,6-11,16-17H,5,12-15H2,1-2H3,(H3,23,25,26,27). The minimum Gasteiger partial charge on any atom is -0.494 e. The number of rotatable bonds is 8. The summed E-state index contributed by atoms with van der Waals surface area (Å²) in [5.74, 6) is 2.13. The summed E-state index contributed by atoms with van der Waals surface area (Å²) in [6.45, 7) is 7.92. The van der Waals surface area contributed by atoms with E-state index in [1.807, 2.05) is 42.5 Å². The van der Waals surface area contributed by atoms with Gasteiger partial charge in [0.05, 0.1) is 18.8 Å². The van der Waals surface area contributed by atoms with Gasteiger partial charge in [-0.2, -0.15) is 9.67 Å². The zero-order chi connectivity index (χ0) is 21.6. The third kappa shape index (κ3) is 5.71. The first-order valence-corrected chi connectivity index (χ1v) is 10.6. The van der Waals surface area contributed by atoms with Crippen LogP contribution < -0.4 is 15.8 Å². The first kappa shape index (κ1) is 21.1. The van der Waals surface area contributed by atoms with Gasteiger partial charge < -0.3 is 20.5 Å². The first-order chi connectivity index (χ1) is 15.1. The van der Waals surface area contributed by atoms with Gasteiger partial charge in [0.25, 0.3) is 0 Å². The summed E-state index contributed by atoms with van der Waals surface area (Å²) >= 11 is 0. The highest BCUT2D eigenvalue weighted by Crippen LogP contribution is 2.20. The van der Waals surface area contributed by atoms with E-state index < -0.39 is 0 Å². The number of aromatic nitrogens is 4. The Hall–Kier alpha value is -3.17. The van der Waals surface area contributed by atoms with E-state index in [1.165, 1.54) is 4.68 Å². The normalized spacial score (nSPS) is 19.3. The number of ether oxygens (including phenoxy) is 2. The van der Waals surface area contributed by atoms with Crippen molar-refractivity contribution >= 4 is 17.6 Å². The molecule has 3 N–H and O–H groups in total. The van der Waals surface area contributed by atoms with Crippen molar-refractivity contribution in [2.24, 2.45) is 0 Å². The SMILES string of the molecule is CC1CN(CCCOc2ccc(Nc3nc(N)n(-c4ccccn4)n3)cc2)CC(C)O1. The molecule has 4 rings (SSSR count). The molecule has 0 amide bonds. The molecule has 3 aromatic rings. The number of pyridine rings is 1. The molecule has 0 radical (unpaired) electrons. The van der Waals surface area contributed by atoms with Gasteiger partial charge in [-0.3, -0.25) is 4.90 Å². The Kier molecular flexibility index (Phi) is 6.63. The average molecular weight is 424 g/mol. The highest BCUT2D eigenvalue weighted by atomic mass is 16.5. The molecule has 0 bridgehead atoms. The van der Waals surface area contributed by atoms with Crippen molar-refractivity contribution in [3.63, 3.8) is 0 Å². The minimum absolute atomic E-state index is 0.269. The van der Waals surface area contributed by atoms with E-state index >= 15 is 0 Å². The topological polar surface area (TPSA) is 103 Å². The van der Waals surface area contributed by atoms with Crippen LogP contribution in [0.15, 0.2) is 48.7 Å². The maximum absolute atomic E-state index is 5.97. The highest BCUT2D eigenvalue weighted by molar-refractivity contribution is 5.55. The molecular weight excluding hydrogens is 394 g/mol. The Morgan fingerprint density at radius 3 is 2.61 bits per heavy atom. The quantitative estimate of drug-likeness (QED) is 0.533. The van der Waals surface area contributed by atoms with Crippen molar-refractivity contribution in [2.45, 2.75) is 32.5 Å². The van der Waals surface area contributed by atoms with Crippen molar-refractivity contribution in [1.82, 2.24) is 24.6 Å². The molecule has 3 heterocycles. The highest BCUT2D eigenvalue weighted by Gasteiger charge is 2.21. The second-order valence-electron chi connectivity index (χ2n) is 7.76. The fraction of sp³-hybridized carbons (Fsp3) is 0.409. The lowest BCUT2D eigenvalue weighted by Crippen LogP contribution is -2.45. The maximum Gasteiger partial charge on any atom is 0.248 e. The van der Waals surface area contributed by atoms with Gasteiger partial charge in [0.1, 0.15) is 5.75 Å². The van der Waals surface area contributed by atoms with Crippen LogP contribution in [0.5, 0.6) is 5.75 Å². The summed E-state index contributed by atoms with van der Waals surface area (Å²) in [7, 11) is 0. The summed E-state index contributed by atoms with van der Waals surface area (Å²) in [5.41, 5.74) is 6.82. The maximum atomic E-state index is 5.97. The molecule has 1 aliphatic heterocycles. The van der Waals surface area contributed by atoms with Crippen LogP contribution in [-0.4, -0.2) is 63.1 Å². The monoisotopic (exact) mass is 423 g/mol. The molecule has 2 atom stereocenters. The van der Waals surface area contributed by atoms with Gasteiger partial charge in [0, 0.05) is 31.5 Å². The molecule has 0 spiro atoms. The molecule has 0 aliphatic carbocycles. The van der Waals surface area contributed by atoms with Crippen molar-refractivity contribution in [2.75, 3.05) is 37.3 Å². The van der Waals surface area contributed by atoms with Gasteiger partial charge in [-0.05, 0) is 56.7 Å². The third-order valence-corrected chi connectivity index (χ3v) is 4.99. The number of hydrogen-bond acceptors (Lipinski definition) is 8. The van der Waals surface area contributed by atoms with Gasteiger partial charge >= 0.3 is 0 Å². The number of nitrogens with two attached hydrogens (primary N) is 1. The molecule has 1 fully saturated rings. The largest absolute Gasteiger partial charge is 0.494 e. The number of nitrogens with one attached hydrogen (secondary N) is 1. The predicted octanol–water partition coefficient (Wildman–Crippen LogP) is 2.87. The fourth-order valence-electron chi connectivity index (χ4n) is 3.73. The van der Waals surface area contributed by atoms with Gasteiger partial charge in [0.15, 0.2) is 5.82 Å². The number of anilines is 3. The number of benzene rings is 1. The van der Waals surface area contributed by atoms with Crippen LogP contribution in [0, 0.1) is 0 Å². The summed E-state index contributed by atoms with van der Waals surface area (Å²) < 4.78 is 13.2. The summed E-state index contributed by atoms with van der Waals surface area (Å²) in [5, 5.41) is 7.53. The summed E-state index contributed by atoms with van der Waals surface area (Å²) in [6.07, 6.45) is 3.26. The van der Waals surface area contributed by atoms with Crippen molar-refractivity contribution in [3.05, 3.63) is 48.7 Å². The Morgan fingerprint density at radius 2 is 1.90 bits per heavy atom. The van der Waals surface area contributed by atoms with Crippen molar-refractivity contribution in [3.8, 4) is 11.6 Å². The summed E-state index contributed by atoms with van der Waals surface area (Å²) in [4.78, 5) is 10.9. The van der Waals surface area contributed by atoms with E-state index in [1.54, 1.807) is 6.20 Å². The van der Waals surface area contributed by atoms with Crippen LogP contribution in [0.4, 0.5) is 17.6 Å². The Morgan fingerprint density at radius 1 is 1.13 bits per heavy atom. The van der Waals surface area contributed by atoms with E-state index in [0.29, 0.717) is 30.6 Å². The van der Waals surface area contributed by atoms with Crippen LogP contribution in [-0.2, 0) is 4.74 Å². The molecule has 1 aromatic carbocycles. The molecule has 0 saturated carbocycles. The van der Waals surface area contributed by atoms with Crippen molar-refractivity contribution < 1.29 is 9.47 Å². The molecular formula is C22H29N7O2. The Bertz CT molecular complexity index is 952. The van der Waals surface area contributed by atoms with E-state index in [0.717, 1.165) is 37.5 Å². The molecule has 1 aliphatic rings. The predicted molar refractivity (Wildman–Crippen MR) is 120 cm³/mol. The lowest BCUT2D eigenvalue weighted by atomic mass is 10.2. The second kappa shape index (κ2) is 9.76. The third-order valence-electron chi connectivity index (χ3n) is 4.99. The minimum atomic E-state index is 0.269. The van der Waals surface area contributed by atoms with Crippen molar-refractivity contribution in [1.29, 1.82) is 0 Å². The van der Waals surface area contributed by atoms with Crippen LogP contribution in [0.2, 0.25) is 0 Å². The Balaban J connectivity index is 1.25.